The first-order chi connectivity index (χ1) is 12.8. The van der Waals surface area contributed by atoms with Crippen LogP contribution >= 0.6 is 24.0 Å². The zero-order valence-corrected chi connectivity index (χ0v) is 18.2. The number of guanidine groups is 1. The van der Waals surface area contributed by atoms with E-state index in [1.807, 2.05) is 0 Å². The Bertz CT molecular complexity index is 751. The standard InChI is InChI=1S/C19H27N7.HI/c1-2-20-19(21-15-18-23-22-17-9-6-10-26(17)18)25-13-11-24(12-14-25)16-7-4-3-5-8-16;/h3-5,7-8H,2,6,9-15H2,1H3,(H,20,21);1H. The van der Waals surface area contributed by atoms with Gasteiger partial charge in [0.05, 0.1) is 0 Å². The second-order valence-electron chi connectivity index (χ2n) is 6.77. The van der Waals surface area contributed by atoms with Gasteiger partial charge in [-0.1, -0.05) is 18.2 Å². The van der Waals surface area contributed by atoms with Gasteiger partial charge in [-0.05, 0) is 25.5 Å². The van der Waals surface area contributed by atoms with E-state index in [9.17, 15) is 0 Å². The average Bonchev–Trinajstić information content (AvgIpc) is 3.30. The summed E-state index contributed by atoms with van der Waals surface area (Å²) in [5.41, 5.74) is 1.30. The zero-order valence-electron chi connectivity index (χ0n) is 15.8. The fourth-order valence-electron chi connectivity index (χ4n) is 3.71. The first-order valence-electron chi connectivity index (χ1n) is 9.59. The van der Waals surface area contributed by atoms with E-state index in [1.165, 1.54) is 12.1 Å². The molecular formula is C19H28IN7. The summed E-state index contributed by atoms with van der Waals surface area (Å²) in [5, 5.41) is 12.0. The lowest BCUT2D eigenvalue weighted by molar-refractivity contribution is 0.372. The Morgan fingerprint density at radius 1 is 1.07 bits per heavy atom. The van der Waals surface area contributed by atoms with Gasteiger partial charge in [0.2, 0.25) is 0 Å². The quantitative estimate of drug-likeness (QED) is 0.412. The van der Waals surface area contributed by atoms with Gasteiger partial charge >= 0.3 is 0 Å². The van der Waals surface area contributed by atoms with E-state index in [2.05, 4.69) is 67.1 Å². The number of rotatable bonds is 4. The molecule has 1 N–H and O–H groups in total. The number of fused-ring (bicyclic) bond motifs is 1. The average molecular weight is 481 g/mol. The topological polar surface area (TPSA) is 61.6 Å². The van der Waals surface area contributed by atoms with Gasteiger partial charge in [-0.2, -0.15) is 0 Å². The molecule has 0 bridgehead atoms. The Morgan fingerprint density at radius 2 is 1.85 bits per heavy atom. The molecule has 3 heterocycles. The number of nitrogens with one attached hydrogen (secondary N) is 1. The first kappa shape index (κ1) is 19.9. The first-order valence-corrected chi connectivity index (χ1v) is 9.59. The molecule has 1 saturated heterocycles. The van der Waals surface area contributed by atoms with Crippen LogP contribution in [0.25, 0.3) is 0 Å². The van der Waals surface area contributed by atoms with Crippen molar-refractivity contribution in [3.63, 3.8) is 0 Å². The molecule has 4 rings (SSSR count). The van der Waals surface area contributed by atoms with Crippen molar-refractivity contribution >= 4 is 35.6 Å². The lowest BCUT2D eigenvalue weighted by Gasteiger charge is -2.37. The van der Waals surface area contributed by atoms with Crippen molar-refractivity contribution in [1.82, 2.24) is 25.0 Å². The van der Waals surface area contributed by atoms with Gasteiger partial charge in [-0.3, -0.25) is 0 Å². The van der Waals surface area contributed by atoms with Crippen LogP contribution in [0.3, 0.4) is 0 Å². The Hall–Kier alpha value is -1.84. The molecule has 0 aliphatic carbocycles. The Balaban J connectivity index is 0.00000210. The fraction of sp³-hybridized carbons (Fsp3) is 0.526. The van der Waals surface area contributed by atoms with Gasteiger partial charge in [-0.25, -0.2) is 4.99 Å². The predicted molar refractivity (Wildman–Crippen MR) is 119 cm³/mol. The summed E-state index contributed by atoms with van der Waals surface area (Å²) in [6, 6.07) is 10.6. The molecule has 146 valence electrons. The van der Waals surface area contributed by atoms with Gasteiger partial charge in [0.15, 0.2) is 11.8 Å². The van der Waals surface area contributed by atoms with Crippen molar-refractivity contribution < 1.29 is 0 Å². The third kappa shape index (κ3) is 4.53. The second-order valence-corrected chi connectivity index (χ2v) is 6.77. The third-order valence-electron chi connectivity index (χ3n) is 5.09. The lowest BCUT2D eigenvalue weighted by Crippen LogP contribution is -2.52. The minimum absolute atomic E-state index is 0. The maximum Gasteiger partial charge on any atom is 0.194 e. The summed E-state index contributed by atoms with van der Waals surface area (Å²) < 4.78 is 2.22. The summed E-state index contributed by atoms with van der Waals surface area (Å²) >= 11 is 0. The van der Waals surface area contributed by atoms with E-state index in [0.29, 0.717) is 6.54 Å². The van der Waals surface area contributed by atoms with Crippen molar-refractivity contribution in [2.45, 2.75) is 32.9 Å². The number of benzene rings is 1. The maximum atomic E-state index is 4.84. The second kappa shape index (κ2) is 9.38. The maximum absolute atomic E-state index is 4.84. The summed E-state index contributed by atoms with van der Waals surface area (Å²) in [7, 11) is 0. The summed E-state index contributed by atoms with van der Waals surface area (Å²) in [5.74, 6) is 3.07. The van der Waals surface area contributed by atoms with Crippen molar-refractivity contribution in [3.8, 4) is 0 Å². The molecular weight excluding hydrogens is 453 g/mol. The van der Waals surface area contributed by atoms with E-state index in [1.54, 1.807) is 0 Å². The molecule has 1 aromatic carbocycles. The number of aliphatic imine (C=N–C) groups is 1. The molecule has 8 heteroatoms. The smallest absolute Gasteiger partial charge is 0.194 e. The number of piperazine rings is 1. The van der Waals surface area contributed by atoms with Crippen LogP contribution in [-0.2, 0) is 19.5 Å². The van der Waals surface area contributed by atoms with E-state index in [4.69, 9.17) is 4.99 Å². The van der Waals surface area contributed by atoms with Crippen LogP contribution in [0.2, 0.25) is 0 Å². The van der Waals surface area contributed by atoms with Crippen molar-refractivity contribution in [2.24, 2.45) is 4.99 Å². The van der Waals surface area contributed by atoms with Gasteiger partial charge in [-0.15, -0.1) is 34.2 Å². The number of halogens is 1. The fourth-order valence-corrected chi connectivity index (χ4v) is 3.71. The number of aryl methyl sites for hydroxylation is 1. The summed E-state index contributed by atoms with van der Waals surface area (Å²) in [6.45, 7) is 8.56. The molecule has 0 atom stereocenters. The van der Waals surface area contributed by atoms with Crippen LogP contribution in [0, 0.1) is 0 Å². The molecule has 0 unspecified atom stereocenters. The van der Waals surface area contributed by atoms with Crippen LogP contribution < -0.4 is 10.2 Å². The molecule has 1 fully saturated rings. The minimum atomic E-state index is 0. The van der Waals surface area contributed by atoms with Gasteiger partial charge in [0.1, 0.15) is 12.4 Å². The summed E-state index contributed by atoms with van der Waals surface area (Å²) in [4.78, 5) is 9.63. The monoisotopic (exact) mass is 481 g/mol. The molecule has 7 nitrogen and oxygen atoms in total. The number of hydrogen-bond donors (Lipinski definition) is 1. The molecule has 2 aliphatic rings. The Labute approximate surface area is 177 Å². The Morgan fingerprint density at radius 3 is 2.59 bits per heavy atom. The number of para-hydroxylation sites is 1. The van der Waals surface area contributed by atoms with Crippen molar-refractivity contribution in [1.29, 1.82) is 0 Å². The molecule has 1 aromatic heterocycles. The van der Waals surface area contributed by atoms with Crippen molar-refractivity contribution in [3.05, 3.63) is 42.0 Å². The van der Waals surface area contributed by atoms with E-state index < -0.39 is 0 Å². The molecule has 2 aliphatic heterocycles. The normalized spacial score (nSPS) is 16.9. The number of hydrogen-bond acceptors (Lipinski definition) is 4. The van der Waals surface area contributed by atoms with Crippen molar-refractivity contribution in [2.75, 3.05) is 37.6 Å². The van der Waals surface area contributed by atoms with E-state index in [-0.39, 0.29) is 24.0 Å². The zero-order chi connectivity index (χ0) is 17.8. The highest BCUT2D eigenvalue weighted by Gasteiger charge is 2.21. The summed E-state index contributed by atoms with van der Waals surface area (Å²) in [6.07, 6.45) is 2.21. The highest BCUT2D eigenvalue weighted by Crippen LogP contribution is 2.17. The van der Waals surface area contributed by atoms with E-state index >= 15 is 0 Å². The van der Waals surface area contributed by atoms with Crippen LogP contribution in [0.4, 0.5) is 5.69 Å². The molecule has 27 heavy (non-hydrogen) atoms. The van der Waals surface area contributed by atoms with E-state index in [0.717, 1.165) is 63.3 Å². The largest absolute Gasteiger partial charge is 0.368 e. The minimum Gasteiger partial charge on any atom is -0.368 e. The van der Waals surface area contributed by atoms with Gasteiger partial charge < -0.3 is 19.7 Å². The highest BCUT2D eigenvalue weighted by molar-refractivity contribution is 14.0. The lowest BCUT2D eigenvalue weighted by atomic mass is 10.2. The molecule has 0 radical (unpaired) electrons. The molecule has 2 aromatic rings. The third-order valence-corrected chi connectivity index (χ3v) is 5.09. The molecule has 0 amide bonds. The molecule has 0 spiro atoms. The van der Waals surface area contributed by atoms with Gasteiger partial charge in [0.25, 0.3) is 0 Å². The van der Waals surface area contributed by atoms with Crippen LogP contribution in [0.15, 0.2) is 35.3 Å². The van der Waals surface area contributed by atoms with Crippen LogP contribution in [0.5, 0.6) is 0 Å². The van der Waals surface area contributed by atoms with Gasteiger partial charge in [0, 0.05) is 51.4 Å². The SMILES string of the molecule is CCNC(=NCc1nnc2n1CCC2)N1CCN(c2ccccc2)CC1.I. The Kier molecular flexibility index (Phi) is 6.92. The van der Waals surface area contributed by atoms with Crippen LogP contribution in [0.1, 0.15) is 25.0 Å². The number of anilines is 1. The predicted octanol–water partition coefficient (Wildman–Crippen LogP) is 2.13. The molecule has 0 saturated carbocycles. The van der Waals surface area contributed by atoms with Crippen LogP contribution in [-0.4, -0.2) is 58.3 Å². The number of nitrogens with zero attached hydrogens (tertiary/aromatic N) is 6. The number of aromatic nitrogens is 3. The highest BCUT2D eigenvalue weighted by atomic mass is 127.